The molecule has 4 rings (SSSR count). The van der Waals surface area contributed by atoms with E-state index < -0.39 is 0 Å². The van der Waals surface area contributed by atoms with Crippen LogP contribution in [0, 0.1) is 0 Å². The minimum Gasteiger partial charge on any atom is -0.322 e. The van der Waals surface area contributed by atoms with Crippen LogP contribution in [0.1, 0.15) is 36.7 Å². The second-order valence-corrected chi connectivity index (χ2v) is 8.46. The molecule has 4 heteroatoms. The van der Waals surface area contributed by atoms with Gasteiger partial charge in [0.15, 0.2) is 0 Å². The molecule has 0 fully saturated rings. The first-order valence-electron chi connectivity index (χ1n) is 9.96. The number of aromatic nitrogens is 1. The first-order valence-corrected chi connectivity index (χ1v) is 9.96. The first-order chi connectivity index (χ1) is 14.3. The monoisotopic (exact) mass is 396 g/mol. The van der Waals surface area contributed by atoms with E-state index in [1.807, 2.05) is 72.8 Å². The van der Waals surface area contributed by atoms with E-state index in [4.69, 9.17) is 0 Å². The molecule has 0 radical (unpaired) electrons. The highest BCUT2D eigenvalue weighted by Gasteiger charge is 2.18. The van der Waals surface area contributed by atoms with Crippen LogP contribution in [-0.2, 0) is 5.41 Å². The predicted octanol–water partition coefficient (Wildman–Crippen LogP) is 5.74. The number of anilines is 1. The molecular weight excluding hydrogens is 372 g/mol. The third-order valence-electron chi connectivity index (χ3n) is 5.16. The van der Waals surface area contributed by atoms with Crippen LogP contribution < -0.4 is 10.9 Å². The Morgan fingerprint density at radius 2 is 1.50 bits per heavy atom. The summed E-state index contributed by atoms with van der Waals surface area (Å²) in [6.45, 7) is 6.24. The molecule has 1 amide bonds. The van der Waals surface area contributed by atoms with Crippen molar-refractivity contribution < 1.29 is 4.79 Å². The standard InChI is InChI=1S/C26H24N2O2/c1-26(2,3)22-16-24(29)28-23-15-20(13-14-21(22)23)27-25(30)19-11-9-18(10-12-19)17-7-5-4-6-8-17/h4-16H,1-3H3,(H,27,30)(H,28,29). The molecule has 0 atom stereocenters. The van der Waals surface area contributed by atoms with Gasteiger partial charge in [-0.3, -0.25) is 9.59 Å². The Morgan fingerprint density at radius 3 is 2.17 bits per heavy atom. The van der Waals surface area contributed by atoms with E-state index in [-0.39, 0.29) is 16.9 Å². The average Bonchev–Trinajstić information content (AvgIpc) is 2.73. The highest BCUT2D eigenvalue weighted by atomic mass is 16.1. The average molecular weight is 396 g/mol. The van der Waals surface area contributed by atoms with Crippen molar-refractivity contribution in [3.8, 4) is 11.1 Å². The van der Waals surface area contributed by atoms with Crippen LogP contribution in [0.2, 0.25) is 0 Å². The van der Waals surface area contributed by atoms with Gasteiger partial charge in [0.2, 0.25) is 5.56 Å². The van der Waals surface area contributed by atoms with E-state index in [1.165, 1.54) is 0 Å². The van der Waals surface area contributed by atoms with Gasteiger partial charge < -0.3 is 10.3 Å². The van der Waals surface area contributed by atoms with Crippen molar-refractivity contribution in [2.24, 2.45) is 0 Å². The second kappa shape index (κ2) is 7.64. The summed E-state index contributed by atoms with van der Waals surface area (Å²) in [5.41, 5.74) is 4.78. The highest BCUT2D eigenvalue weighted by Crippen LogP contribution is 2.29. The zero-order valence-electron chi connectivity index (χ0n) is 17.3. The molecule has 1 aromatic heterocycles. The number of carbonyl (C=O) groups excluding carboxylic acids is 1. The van der Waals surface area contributed by atoms with Crippen LogP contribution in [0.4, 0.5) is 5.69 Å². The fraction of sp³-hybridized carbons (Fsp3) is 0.154. The van der Waals surface area contributed by atoms with E-state index in [0.717, 1.165) is 22.1 Å². The van der Waals surface area contributed by atoms with Crippen molar-refractivity contribution in [1.82, 2.24) is 4.98 Å². The minimum atomic E-state index is -0.191. The molecule has 0 aliphatic rings. The number of amides is 1. The third-order valence-corrected chi connectivity index (χ3v) is 5.16. The predicted molar refractivity (Wildman–Crippen MR) is 123 cm³/mol. The minimum absolute atomic E-state index is 0.146. The molecule has 0 saturated heterocycles. The van der Waals surface area contributed by atoms with Crippen LogP contribution in [0.5, 0.6) is 0 Å². The molecule has 4 nitrogen and oxygen atoms in total. The molecule has 0 unspecified atom stereocenters. The number of hydrogen-bond donors (Lipinski definition) is 2. The maximum Gasteiger partial charge on any atom is 0.255 e. The van der Waals surface area contributed by atoms with E-state index in [1.54, 1.807) is 6.07 Å². The SMILES string of the molecule is CC(C)(C)c1cc(=O)[nH]c2cc(NC(=O)c3ccc(-c4ccccc4)cc3)ccc12. The number of benzene rings is 3. The third kappa shape index (κ3) is 4.03. The van der Waals surface area contributed by atoms with Crippen molar-refractivity contribution in [2.45, 2.75) is 26.2 Å². The van der Waals surface area contributed by atoms with Crippen LogP contribution in [0.25, 0.3) is 22.0 Å². The Bertz CT molecular complexity index is 1260. The number of fused-ring (bicyclic) bond motifs is 1. The van der Waals surface area contributed by atoms with Crippen LogP contribution in [0.15, 0.2) is 83.7 Å². The molecule has 30 heavy (non-hydrogen) atoms. The van der Waals surface area contributed by atoms with Crippen LogP contribution >= 0.6 is 0 Å². The lowest BCUT2D eigenvalue weighted by Gasteiger charge is -2.21. The highest BCUT2D eigenvalue weighted by molar-refractivity contribution is 6.05. The summed E-state index contributed by atoms with van der Waals surface area (Å²) in [7, 11) is 0. The zero-order valence-corrected chi connectivity index (χ0v) is 17.3. The van der Waals surface area contributed by atoms with Crippen molar-refractivity contribution in [3.63, 3.8) is 0 Å². The summed E-state index contributed by atoms with van der Waals surface area (Å²) in [5.74, 6) is -0.191. The molecule has 0 aliphatic heterocycles. The van der Waals surface area contributed by atoms with Crippen molar-refractivity contribution in [1.29, 1.82) is 0 Å². The zero-order chi connectivity index (χ0) is 21.3. The second-order valence-electron chi connectivity index (χ2n) is 8.46. The molecule has 0 saturated carbocycles. The van der Waals surface area contributed by atoms with E-state index in [0.29, 0.717) is 16.8 Å². The van der Waals surface area contributed by atoms with E-state index >= 15 is 0 Å². The number of rotatable bonds is 3. The molecule has 0 spiro atoms. The van der Waals surface area contributed by atoms with Gasteiger partial charge in [-0.1, -0.05) is 69.3 Å². The van der Waals surface area contributed by atoms with Crippen molar-refractivity contribution >= 4 is 22.5 Å². The molecule has 2 N–H and O–H groups in total. The number of carbonyl (C=O) groups is 1. The lowest BCUT2D eigenvalue weighted by Crippen LogP contribution is -2.17. The Balaban J connectivity index is 1.59. The Morgan fingerprint density at radius 1 is 0.833 bits per heavy atom. The van der Waals surface area contributed by atoms with E-state index in [2.05, 4.69) is 31.1 Å². The topological polar surface area (TPSA) is 62.0 Å². The van der Waals surface area contributed by atoms with Crippen LogP contribution in [-0.4, -0.2) is 10.9 Å². The Hall–Kier alpha value is -3.66. The number of pyridine rings is 1. The molecular formula is C26H24N2O2. The molecule has 0 bridgehead atoms. The van der Waals surface area contributed by atoms with Gasteiger partial charge in [0.05, 0.1) is 5.52 Å². The number of hydrogen-bond acceptors (Lipinski definition) is 2. The largest absolute Gasteiger partial charge is 0.322 e. The van der Waals surface area contributed by atoms with Gasteiger partial charge in [0.25, 0.3) is 5.91 Å². The Kier molecular flexibility index (Phi) is 5.00. The number of aromatic amines is 1. The maximum atomic E-state index is 12.7. The smallest absolute Gasteiger partial charge is 0.255 e. The van der Waals surface area contributed by atoms with Crippen molar-refractivity contribution in [2.75, 3.05) is 5.32 Å². The first kappa shape index (κ1) is 19.6. The normalized spacial score (nSPS) is 11.4. The summed E-state index contributed by atoms with van der Waals surface area (Å²) < 4.78 is 0. The number of H-pyrrole nitrogens is 1. The van der Waals surface area contributed by atoms with Crippen molar-refractivity contribution in [3.05, 3.63) is 100 Å². The molecule has 1 heterocycles. The molecule has 0 aliphatic carbocycles. The van der Waals surface area contributed by atoms with Gasteiger partial charge in [-0.15, -0.1) is 0 Å². The molecule has 3 aromatic carbocycles. The van der Waals surface area contributed by atoms with Gasteiger partial charge in [-0.05, 0) is 46.4 Å². The lowest BCUT2D eigenvalue weighted by molar-refractivity contribution is 0.102. The fourth-order valence-electron chi connectivity index (χ4n) is 3.61. The summed E-state index contributed by atoms with van der Waals surface area (Å²) in [5, 5.41) is 3.91. The fourth-order valence-corrected chi connectivity index (χ4v) is 3.61. The summed E-state index contributed by atoms with van der Waals surface area (Å²) in [6, 6.07) is 24.8. The summed E-state index contributed by atoms with van der Waals surface area (Å²) in [4.78, 5) is 27.7. The summed E-state index contributed by atoms with van der Waals surface area (Å²) in [6.07, 6.45) is 0. The lowest BCUT2D eigenvalue weighted by atomic mass is 9.85. The molecule has 150 valence electrons. The van der Waals surface area contributed by atoms with Gasteiger partial charge >= 0.3 is 0 Å². The summed E-state index contributed by atoms with van der Waals surface area (Å²) >= 11 is 0. The van der Waals surface area contributed by atoms with E-state index in [9.17, 15) is 9.59 Å². The molecule has 4 aromatic rings. The van der Waals surface area contributed by atoms with Crippen LogP contribution in [0.3, 0.4) is 0 Å². The maximum absolute atomic E-state index is 12.7. The Labute approximate surface area is 175 Å². The van der Waals surface area contributed by atoms with Gasteiger partial charge in [0, 0.05) is 22.7 Å². The quantitative estimate of drug-likeness (QED) is 0.463. The van der Waals surface area contributed by atoms with Gasteiger partial charge in [0.1, 0.15) is 0 Å². The number of nitrogens with one attached hydrogen (secondary N) is 2. The van der Waals surface area contributed by atoms with Gasteiger partial charge in [-0.25, -0.2) is 0 Å². The van der Waals surface area contributed by atoms with Gasteiger partial charge in [-0.2, -0.15) is 0 Å².